The molecule has 1 aromatic rings. The molecule has 0 radical (unpaired) electrons. The second-order valence-electron chi connectivity index (χ2n) is 5.10. The fourth-order valence-electron chi connectivity index (χ4n) is 0.968. The van der Waals surface area contributed by atoms with Crippen molar-refractivity contribution in [2.75, 3.05) is 0 Å². The summed E-state index contributed by atoms with van der Waals surface area (Å²) in [6.07, 6.45) is 1.53. The van der Waals surface area contributed by atoms with Crippen molar-refractivity contribution in [1.29, 1.82) is 0 Å². The van der Waals surface area contributed by atoms with E-state index in [0.717, 1.165) is 5.82 Å². The van der Waals surface area contributed by atoms with Crippen LogP contribution in [0.15, 0.2) is 6.33 Å². The summed E-state index contributed by atoms with van der Waals surface area (Å²) in [7, 11) is 0. The standard InChI is InChI=1S/C10H18N4/c1-9(2,3)7-12-6-13-8(14-7)10(4,5)11/h6H,11H2,1-5H3. The second kappa shape index (κ2) is 3.28. The molecule has 0 unspecified atom stereocenters. The molecule has 4 heteroatoms. The van der Waals surface area contributed by atoms with Crippen LogP contribution in [0.2, 0.25) is 0 Å². The molecule has 14 heavy (non-hydrogen) atoms. The molecule has 1 heterocycles. The molecule has 0 aliphatic rings. The summed E-state index contributed by atoms with van der Waals surface area (Å²) >= 11 is 0. The van der Waals surface area contributed by atoms with Crippen LogP contribution < -0.4 is 5.73 Å². The van der Waals surface area contributed by atoms with E-state index in [9.17, 15) is 0 Å². The molecule has 0 aliphatic carbocycles. The number of hydrogen-bond acceptors (Lipinski definition) is 4. The normalized spacial score (nSPS) is 13.0. The largest absolute Gasteiger partial charge is 0.319 e. The third kappa shape index (κ3) is 2.48. The van der Waals surface area contributed by atoms with Crippen LogP contribution in [0.4, 0.5) is 0 Å². The molecule has 78 valence electrons. The van der Waals surface area contributed by atoms with Gasteiger partial charge in [0.1, 0.15) is 12.2 Å². The number of aromatic nitrogens is 3. The highest BCUT2D eigenvalue weighted by Gasteiger charge is 2.22. The zero-order valence-corrected chi connectivity index (χ0v) is 9.50. The van der Waals surface area contributed by atoms with E-state index >= 15 is 0 Å². The van der Waals surface area contributed by atoms with Crippen LogP contribution in [0.1, 0.15) is 46.3 Å². The van der Waals surface area contributed by atoms with Crippen molar-refractivity contribution in [2.24, 2.45) is 5.73 Å². The van der Waals surface area contributed by atoms with Gasteiger partial charge >= 0.3 is 0 Å². The third-order valence-electron chi connectivity index (χ3n) is 1.82. The Balaban J connectivity index is 3.15. The molecule has 1 rings (SSSR count). The molecule has 2 N–H and O–H groups in total. The Labute approximate surface area is 85.0 Å². The average molecular weight is 194 g/mol. The summed E-state index contributed by atoms with van der Waals surface area (Å²) in [5, 5.41) is 0. The van der Waals surface area contributed by atoms with Crippen molar-refractivity contribution in [3.8, 4) is 0 Å². The minimum Gasteiger partial charge on any atom is -0.319 e. The van der Waals surface area contributed by atoms with Crippen molar-refractivity contribution in [3.63, 3.8) is 0 Å². The minimum atomic E-state index is -0.511. The summed E-state index contributed by atoms with van der Waals surface area (Å²) in [5.74, 6) is 1.42. The lowest BCUT2D eigenvalue weighted by Gasteiger charge is -2.20. The lowest BCUT2D eigenvalue weighted by atomic mass is 9.95. The predicted molar refractivity (Wildman–Crippen MR) is 55.7 cm³/mol. The summed E-state index contributed by atoms with van der Waals surface area (Å²) in [6.45, 7) is 9.96. The maximum absolute atomic E-state index is 5.92. The first-order valence-electron chi connectivity index (χ1n) is 4.70. The Morgan fingerprint density at radius 2 is 1.50 bits per heavy atom. The van der Waals surface area contributed by atoms with E-state index in [0.29, 0.717) is 5.82 Å². The van der Waals surface area contributed by atoms with Gasteiger partial charge in [0.05, 0.1) is 5.54 Å². The van der Waals surface area contributed by atoms with Gasteiger partial charge < -0.3 is 5.73 Å². The molecule has 0 spiro atoms. The van der Waals surface area contributed by atoms with E-state index in [-0.39, 0.29) is 5.41 Å². The van der Waals surface area contributed by atoms with E-state index in [2.05, 4.69) is 35.7 Å². The second-order valence-corrected chi connectivity index (χ2v) is 5.10. The van der Waals surface area contributed by atoms with Gasteiger partial charge in [0.2, 0.25) is 0 Å². The molecule has 0 bridgehead atoms. The minimum absolute atomic E-state index is 0.0665. The zero-order chi connectivity index (χ0) is 11.0. The van der Waals surface area contributed by atoms with Crippen LogP contribution in [0.3, 0.4) is 0 Å². The molecule has 0 aromatic carbocycles. The van der Waals surface area contributed by atoms with Gasteiger partial charge in [-0.25, -0.2) is 15.0 Å². The van der Waals surface area contributed by atoms with Gasteiger partial charge in [-0.3, -0.25) is 0 Å². The molecule has 0 saturated carbocycles. The van der Waals surface area contributed by atoms with E-state index in [1.807, 2.05) is 13.8 Å². The van der Waals surface area contributed by atoms with E-state index in [4.69, 9.17) is 5.73 Å². The molecular weight excluding hydrogens is 176 g/mol. The van der Waals surface area contributed by atoms with Gasteiger partial charge in [-0.15, -0.1) is 0 Å². The molecule has 0 atom stereocenters. The van der Waals surface area contributed by atoms with Crippen LogP contribution in [-0.2, 0) is 11.0 Å². The topological polar surface area (TPSA) is 64.7 Å². The highest BCUT2D eigenvalue weighted by Crippen LogP contribution is 2.19. The Kier molecular flexibility index (Phi) is 2.58. The molecule has 0 fully saturated rings. The van der Waals surface area contributed by atoms with Gasteiger partial charge in [-0.05, 0) is 13.8 Å². The average Bonchev–Trinajstić information content (AvgIpc) is 2.01. The number of hydrogen-bond donors (Lipinski definition) is 1. The third-order valence-corrected chi connectivity index (χ3v) is 1.82. The van der Waals surface area contributed by atoms with Gasteiger partial charge in [0.25, 0.3) is 0 Å². The van der Waals surface area contributed by atoms with Crippen molar-refractivity contribution in [3.05, 3.63) is 18.0 Å². The lowest BCUT2D eigenvalue weighted by Crippen LogP contribution is -2.32. The molecule has 0 aliphatic heterocycles. The van der Waals surface area contributed by atoms with Crippen molar-refractivity contribution < 1.29 is 0 Å². The SMILES string of the molecule is CC(C)(C)c1ncnc(C(C)(C)N)n1. The first-order chi connectivity index (χ1) is 6.21. The summed E-state index contributed by atoms with van der Waals surface area (Å²) < 4.78 is 0. The number of rotatable bonds is 1. The van der Waals surface area contributed by atoms with Crippen molar-refractivity contribution >= 4 is 0 Å². The summed E-state index contributed by atoms with van der Waals surface area (Å²) in [4.78, 5) is 12.6. The number of nitrogens with zero attached hydrogens (tertiary/aromatic N) is 3. The lowest BCUT2D eigenvalue weighted by molar-refractivity contribution is 0.479. The molecule has 4 nitrogen and oxygen atoms in total. The van der Waals surface area contributed by atoms with Gasteiger partial charge in [-0.2, -0.15) is 0 Å². The van der Waals surface area contributed by atoms with Crippen molar-refractivity contribution in [2.45, 2.75) is 45.6 Å². The maximum atomic E-state index is 5.92. The Bertz CT molecular complexity index is 290. The first-order valence-corrected chi connectivity index (χ1v) is 4.70. The quantitative estimate of drug-likeness (QED) is 0.733. The van der Waals surface area contributed by atoms with E-state index in [1.54, 1.807) is 0 Å². The van der Waals surface area contributed by atoms with Crippen LogP contribution >= 0.6 is 0 Å². The Morgan fingerprint density at radius 3 is 1.93 bits per heavy atom. The molecule has 0 amide bonds. The van der Waals surface area contributed by atoms with Gasteiger partial charge in [0, 0.05) is 5.41 Å². The van der Waals surface area contributed by atoms with Gasteiger partial charge in [-0.1, -0.05) is 20.8 Å². The highest BCUT2D eigenvalue weighted by molar-refractivity contribution is 5.06. The Morgan fingerprint density at radius 1 is 1.00 bits per heavy atom. The van der Waals surface area contributed by atoms with E-state index in [1.165, 1.54) is 6.33 Å². The van der Waals surface area contributed by atoms with Gasteiger partial charge in [0.15, 0.2) is 5.82 Å². The fraction of sp³-hybridized carbons (Fsp3) is 0.700. The monoisotopic (exact) mass is 194 g/mol. The van der Waals surface area contributed by atoms with Crippen LogP contribution in [0.5, 0.6) is 0 Å². The predicted octanol–water partition coefficient (Wildman–Crippen LogP) is 1.36. The summed E-state index contributed by atoms with van der Waals surface area (Å²) in [5.41, 5.74) is 5.34. The summed E-state index contributed by atoms with van der Waals surface area (Å²) in [6, 6.07) is 0. The van der Waals surface area contributed by atoms with E-state index < -0.39 is 5.54 Å². The van der Waals surface area contributed by atoms with Crippen LogP contribution in [0, 0.1) is 0 Å². The number of nitrogens with two attached hydrogens (primary N) is 1. The smallest absolute Gasteiger partial charge is 0.151 e. The molecular formula is C10H18N4. The highest BCUT2D eigenvalue weighted by atomic mass is 15.0. The molecule has 0 saturated heterocycles. The zero-order valence-electron chi connectivity index (χ0n) is 9.50. The van der Waals surface area contributed by atoms with Crippen LogP contribution in [-0.4, -0.2) is 15.0 Å². The van der Waals surface area contributed by atoms with Crippen LogP contribution in [0.25, 0.3) is 0 Å². The maximum Gasteiger partial charge on any atom is 0.151 e. The first kappa shape index (κ1) is 11.0. The molecule has 1 aromatic heterocycles. The van der Waals surface area contributed by atoms with Crippen molar-refractivity contribution in [1.82, 2.24) is 15.0 Å². The Hall–Kier alpha value is -1.03. The fourth-order valence-corrected chi connectivity index (χ4v) is 0.968.